The van der Waals surface area contributed by atoms with E-state index in [2.05, 4.69) is 22.2 Å². The summed E-state index contributed by atoms with van der Waals surface area (Å²) in [6.07, 6.45) is 3.73. The van der Waals surface area contributed by atoms with Crippen LogP contribution in [0.25, 0.3) is 28.0 Å². The first-order valence-corrected chi connectivity index (χ1v) is 9.72. The zero-order valence-corrected chi connectivity index (χ0v) is 16.6. The summed E-state index contributed by atoms with van der Waals surface area (Å²) in [7, 11) is 0. The van der Waals surface area contributed by atoms with Crippen LogP contribution in [-0.4, -0.2) is 19.7 Å². The van der Waals surface area contributed by atoms with Crippen molar-refractivity contribution in [3.8, 4) is 17.1 Å². The molecule has 0 fully saturated rings. The topological polar surface area (TPSA) is 58.5 Å². The van der Waals surface area contributed by atoms with Crippen LogP contribution >= 0.6 is 0 Å². The standard InChI is InChI=1S/C24H20FN5/c1-15-12-13-26-23(15)21-11-8-18(14-27-21)28-22-5-3-4-20-16(2)30(29-24(20)22)19-9-6-17(25)7-10-19/h3-14,26,28H,1-2H3. The van der Waals surface area contributed by atoms with E-state index in [9.17, 15) is 4.39 Å². The van der Waals surface area contributed by atoms with Gasteiger partial charge in [0.05, 0.1) is 34.6 Å². The molecule has 0 amide bonds. The van der Waals surface area contributed by atoms with Crippen LogP contribution < -0.4 is 5.32 Å². The van der Waals surface area contributed by atoms with Gasteiger partial charge in [-0.15, -0.1) is 0 Å². The molecule has 0 aliphatic rings. The fraction of sp³-hybridized carbons (Fsp3) is 0.0833. The summed E-state index contributed by atoms with van der Waals surface area (Å²) in [5.41, 5.74) is 7.53. The highest BCUT2D eigenvalue weighted by Gasteiger charge is 2.13. The zero-order valence-electron chi connectivity index (χ0n) is 16.6. The van der Waals surface area contributed by atoms with Crippen LogP contribution in [-0.2, 0) is 0 Å². The second-order valence-electron chi connectivity index (χ2n) is 7.27. The predicted molar refractivity (Wildman–Crippen MR) is 118 cm³/mol. The maximum atomic E-state index is 13.3. The number of nitrogens with one attached hydrogen (secondary N) is 2. The van der Waals surface area contributed by atoms with E-state index in [0.29, 0.717) is 0 Å². The van der Waals surface area contributed by atoms with Crippen LogP contribution in [0.4, 0.5) is 15.8 Å². The Morgan fingerprint density at radius 1 is 0.967 bits per heavy atom. The van der Waals surface area contributed by atoms with E-state index in [4.69, 9.17) is 5.10 Å². The van der Waals surface area contributed by atoms with Crippen molar-refractivity contribution >= 4 is 22.3 Å². The van der Waals surface area contributed by atoms with Crippen LogP contribution in [0.3, 0.4) is 0 Å². The second-order valence-corrected chi connectivity index (χ2v) is 7.27. The minimum atomic E-state index is -0.263. The zero-order chi connectivity index (χ0) is 20.7. The first kappa shape index (κ1) is 18.1. The van der Waals surface area contributed by atoms with Crippen molar-refractivity contribution in [2.45, 2.75) is 13.8 Å². The van der Waals surface area contributed by atoms with Gasteiger partial charge in [-0.1, -0.05) is 12.1 Å². The highest BCUT2D eigenvalue weighted by Crippen LogP contribution is 2.30. The van der Waals surface area contributed by atoms with Gasteiger partial charge in [-0.2, -0.15) is 5.10 Å². The van der Waals surface area contributed by atoms with Crippen molar-refractivity contribution in [2.75, 3.05) is 5.32 Å². The molecule has 5 rings (SSSR count). The number of rotatable bonds is 4. The number of hydrogen-bond acceptors (Lipinski definition) is 3. The summed E-state index contributed by atoms with van der Waals surface area (Å²) < 4.78 is 15.1. The van der Waals surface area contributed by atoms with Gasteiger partial charge in [0.1, 0.15) is 11.3 Å². The van der Waals surface area contributed by atoms with E-state index in [1.807, 2.05) is 60.4 Å². The number of fused-ring (bicyclic) bond motifs is 1. The quantitative estimate of drug-likeness (QED) is 0.396. The highest BCUT2D eigenvalue weighted by molar-refractivity contribution is 5.94. The maximum Gasteiger partial charge on any atom is 0.123 e. The number of nitrogens with zero attached hydrogens (tertiary/aromatic N) is 3. The lowest BCUT2D eigenvalue weighted by atomic mass is 10.1. The molecule has 3 heterocycles. The molecule has 0 bridgehead atoms. The average molecular weight is 397 g/mol. The molecule has 148 valence electrons. The molecule has 5 nitrogen and oxygen atoms in total. The Balaban J connectivity index is 1.50. The maximum absolute atomic E-state index is 13.3. The van der Waals surface area contributed by atoms with E-state index < -0.39 is 0 Å². The third-order valence-electron chi connectivity index (χ3n) is 5.27. The van der Waals surface area contributed by atoms with E-state index in [0.717, 1.165) is 50.6 Å². The van der Waals surface area contributed by atoms with E-state index in [-0.39, 0.29) is 5.82 Å². The number of aromatic amines is 1. The molecule has 0 spiro atoms. The fourth-order valence-corrected chi connectivity index (χ4v) is 3.66. The van der Waals surface area contributed by atoms with Gasteiger partial charge in [-0.05, 0) is 67.9 Å². The van der Waals surface area contributed by atoms with Gasteiger partial charge in [0, 0.05) is 17.3 Å². The Morgan fingerprint density at radius 3 is 2.50 bits per heavy atom. The number of hydrogen-bond donors (Lipinski definition) is 2. The summed E-state index contributed by atoms with van der Waals surface area (Å²) in [5, 5.41) is 9.25. The number of H-pyrrole nitrogens is 1. The Kier molecular flexibility index (Phi) is 4.32. The van der Waals surface area contributed by atoms with Crippen molar-refractivity contribution in [3.05, 3.63) is 90.1 Å². The van der Waals surface area contributed by atoms with Crippen molar-refractivity contribution < 1.29 is 4.39 Å². The van der Waals surface area contributed by atoms with Crippen molar-refractivity contribution in [1.82, 2.24) is 19.7 Å². The van der Waals surface area contributed by atoms with E-state index in [1.54, 1.807) is 12.1 Å². The molecule has 2 aromatic carbocycles. The molecule has 0 saturated carbocycles. The molecule has 0 aliphatic heterocycles. The molecular weight excluding hydrogens is 377 g/mol. The first-order chi connectivity index (χ1) is 14.6. The van der Waals surface area contributed by atoms with Gasteiger partial charge in [0.25, 0.3) is 0 Å². The summed E-state index contributed by atoms with van der Waals surface area (Å²) in [6.45, 7) is 4.07. The number of aryl methyl sites for hydroxylation is 2. The first-order valence-electron chi connectivity index (χ1n) is 9.72. The SMILES string of the molecule is Cc1cc[nH]c1-c1ccc(Nc2cccc3c(C)n(-c4ccc(F)cc4)nc23)cn1. The molecule has 0 radical (unpaired) electrons. The number of halogens is 1. The third-order valence-corrected chi connectivity index (χ3v) is 5.27. The van der Waals surface area contributed by atoms with Gasteiger partial charge < -0.3 is 10.3 Å². The lowest BCUT2D eigenvalue weighted by Gasteiger charge is -2.08. The van der Waals surface area contributed by atoms with Crippen LogP contribution in [0.5, 0.6) is 0 Å². The van der Waals surface area contributed by atoms with Crippen LogP contribution in [0.2, 0.25) is 0 Å². The van der Waals surface area contributed by atoms with Crippen molar-refractivity contribution in [3.63, 3.8) is 0 Å². The number of aromatic nitrogens is 4. The summed E-state index contributed by atoms with van der Waals surface area (Å²) in [5.74, 6) is -0.263. The molecule has 0 unspecified atom stereocenters. The number of benzene rings is 2. The molecule has 3 aromatic heterocycles. The number of anilines is 2. The lowest BCUT2D eigenvalue weighted by Crippen LogP contribution is -1.98. The smallest absolute Gasteiger partial charge is 0.123 e. The van der Waals surface area contributed by atoms with Crippen LogP contribution in [0.15, 0.2) is 73.1 Å². The van der Waals surface area contributed by atoms with Gasteiger partial charge in [-0.25, -0.2) is 9.07 Å². The molecular formula is C24H20FN5. The lowest BCUT2D eigenvalue weighted by molar-refractivity contribution is 0.627. The summed E-state index contributed by atoms with van der Waals surface area (Å²) in [4.78, 5) is 7.81. The molecule has 0 atom stereocenters. The normalized spacial score (nSPS) is 11.2. The van der Waals surface area contributed by atoms with Gasteiger partial charge in [0.2, 0.25) is 0 Å². The number of pyridine rings is 1. The Bertz CT molecular complexity index is 1330. The Labute approximate surface area is 173 Å². The molecule has 2 N–H and O–H groups in total. The van der Waals surface area contributed by atoms with Gasteiger partial charge in [0.15, 0.2) is 0 Å². The van der Waals surface area contributed by atoms with Gasteiger partial charge in [-0.3, -0.25) is 4.98 Å². The summed E-state index contributed by atoms with van der Waals surface area (Å²) >= 11 is 0. The minimum Gasteiger partial charge on any atom is -0.360 e. The molecule has 0 saturated heterocycles. The highest BCUT2D eigenvalue weighted by atomic mass is 19.1. The monoisotopic (exact) mass is 397 g/mol. The Hall–Kier alpha value is -3.93. The molecule has 5 aromatic rings. The van der Waals surface area contributed by atoms with Crippen molar-refractivity contribution in [1.29, 1.82) is 0 Å². The average Bonchev–Trinajstić information content (AvgIpc) is 3.33. The molecule has 30 heavy (non-hydrogen) atoms. The molecule has 6 heteroatoms. The van der Waals surface area contributed by atoms with E-state index >= 15 is 0 Å². The second kappa shape index (κ2) is 7.15. The third kappa shape index (κ3) is 3.12. The predicted octanol–water partition coefficient (Wildman–Crippen LogP) is 5.92. The van der Waals surface area contributed by atoms with Crippen LogP contribution in [0.1, 0.15) is 11.3 Å². The largest absolute Gasteiger partial charge is 0.360 e. The minimum absolute atomic E-state index is 0.263. The molecule has 0 aliphatic carbocycles. The fourth-order valence-electron chi connectivity index (χ4n) is 3.66. The van der Waals surface area contributed by atoms with E-state index in [1.165, 1.54) is 12.1 Å². The Morgan fingerprint density at radius 2 is 1.80 bits per heavy atom. The van der Waals surface area contributed by atoms with Crippen molar-refractivity contribution in [2.24, 2.45) is 0 Å². The summed E-state index contributed by atoms with van der Waals surface area (Å²) in [6, 6.07) is 18.4. The van der Waals surface area contributed by atoms with Crippen LogP contribution in [0, 0.1) is 19.7 Å². The van der Waals surface area contributed by atoms with Gasteiger partial charge >= 0.3 is 0 Å².